The van der Waals surface area contributed by atoms with Crippen LogP contribution in [0.2, 0.25) is 0 Å². The molecule has 0 atom stereocenters. The van der Waals surface area contributed by atoms with Crippen molar-refractivity contribution in [2.24, 2.45) is 11.1 Å². The second kappa shape index (κ2) is 7.17. The molecule has 0 spiro atoms. The molecule has 4 nitrogen and oxygen atoms in total. The Balaban J connectivity index is 2.65. The number of hydrogen-bond acceptors (Lipinski definition) is 3. The Morgan fingerprint density at radius 1 is 1.30 bits per heavy atom. The minimum absolute atomic E-state index is 0.199. The zero-order chi connectivity index (χ0) is 15.2. The van der Waals surface area contributed by atoms with E-state index in [4.69, 9.17) is 11.5 Å². The summed E-state index contributed by atoms with van der Waals surface area (Å²) in [5.74, 6) is -0.492. The Morgan fingerprint density at radius 2 is 2.00 bits per heavy atom. The SMILES string of the molecule is CCCCCC(C)(C)CNc1cccc(C(N)=O)c1N. The molecule has 0 aliphatic carbocycles. The van der Waals surface area contributed by atoms with Gasteiger partial charge >= 0.3 is 0 Å². The Bertz CT molecular complexity index is 455. The molecule has 0 heterocycles. The van der Waals surface area contributed by atoms with Crippen LogP contribution in [0.1, 0.15) is 56.8 Å². The standard InChI is InChI=1S/C16H27N3O/c1-4-5-6-10-16(2,3)11-19-13-9-7-8-12(14(13)17)15(18)20/h7-9,19H,4-6,10-11,17H2,1-3H3,(H2,18,20). The fraction of sp³-hybridized carbons (Fsp3) is 0.562. The molecule has 112 valence electrons. The zero-order valence-electron chi connectivity index (χ0n) is 12.8. The Morgan fingerprint density at radius 3 is 2.60 bits per heavy atom. The van der Waals surface area contributed by atoms with Gasteiger partial charge in [-0.05, 0) is 24.0 Å². The van der Waals surface area contributed by atoms with Gasteiger partial charge in [0.2, 0.25) is 0 Å². The fourth-order valence-corrected chi connectivity index (χ4v) is 2.21. The Kier molecular flexibility index (Phi) is 5.86. The maximum Gasteiger partial charge on any atom is 0.250 e. The predicted molar refractivity (Wildman–Crippen MR) is 85.8 cm³/mol. The number of nitrogens with two attached hydrogens (primary N) is 2. The molecule has 5 N–H and O–H groups in total. The molecule has 0 aliphatic rings. The lowest BCUT2D eigenvalue weighted by Crippen LogP contribution is -2.24. The lowest BCUT2D eigenvalue weighted by molar-refractivity contribution is 0.100. The normalized spacial score (nSPS) is 11.3. The Labute approximate surface area is 121 Å². The lowest BCUT2D eigenvalue weighted by Gasteiger charge is -2.26. The number of rotatable bonds is 8. The molecule has 1 amide bonds. The van der Waals surface area contributed by atoms with Crippen molar-refractivity contribution in [1.29, 1.82) is 0 Å². The number of anilines is 2. The highest BCUT2D eigenvalue weighted by Crippen LogP contribution is 2.27. The first-order chi connectivity index (χ1) is 9.37. The van der Waals surface area contributed by atoms with Gasteiger partial charge in [-0.2, -0.15) is 0 Å². The highest BCUT2D eigenvalue weighted by Gasteiger charge is 2.18. The van der Waals surface area contributed by atoms with Gasteiger partial charge in [0.15, 0.2) is 0 Å². The topological polar surface area (TPSA) is 81.1 Å². The van der Waals surface area contributed by atoms with E-state index in [1.165, 1.54) is 25.7 Å². The van der Waals surface area contributed by atoms with E-state index in [0.717, 1.165) is 12.2 Å². The van der Waals surface area contributed by atoms with Crippen LogP contribution in [0.5, 0.6) is 0 Å². The van der Waals surface area contributed by atoms with Crippen LogP contribution >= 0.6 is 0 Å². The van der Waals surface area contributed by atoms with Crippen molar-refractivity contribution in [2.45, 2.75) is 46.5 Å². The summed E-state index contributed by atoms with van der Waals surface area (Å²) in [7, 11) is 0. The smallest absolute Gasteiger partial charge is 0.250 e. The third kappa shape index (κ3) is 4.76. The summed E-state index contributed by atoms with van der Waals surface area (Å²) in [5, 5.41) is 3.34. The molecule has 0 saturated heterocycles. The quantitative estimate of drug-likeness (QED) is 0.503. The number of primary amides is 1. The number of benzene rings is 1. The minimum Gasteiger partial charge on any atom is -0.396 e. The van der Waals surface area contributed by atoms with Crippen molar-refractivity contribution in [3.05, 3.63) is 23.8 Å². The average Bonchev–Trinajstić information content (AvgIpc) is 2.37. The molecule has 0 radical (unpaired) electrons. The average molecular weight is 277 g/mol. The molecule has 0 saturated carbocycles. The first-order valence-electron chi connectivity index (χ1n) is 7.29. The number of carbonyl (C=O) groups excluding carboxylic acids is 1. The van der Waals surface area contributed by atoms with E-state index in [1.807, 2.05) is 6.07 Å². The molecule has 1 aromatic rings. The van der Waals surface area contributed by atoms with Crippen LogP contribution in [0.4, 0.5) is 11.4 Å². The molecule has 0 bridgehead atoms. The summed E-state index contributed by atoms with van der Waals surface area (Å²) in [4.78, 5) is 11.3. The number of amides is 1. The second-order valence-electron chi connectivity index (χ2n) is 6.11. The van der Waals surface area contributed by atoms with Gasteiger partial charge < -0.3 is 16.8 Å². The molecular formula is C16H27N3O. The first kappa shape index (κ1) is 16.3. The van der Waals surface area contributed by atoms with Crippen molar-refractivity contribution in [1.82, 2.24) is 0 Å². The summed E-state index contributed by atoms with van der Waals surface area (Å²) in [6, 6.07) is 5.32. The fourth-order valence-electron chi connectivity index (χ4n) is 2.21. The molecule has 0 aromatic heterocycles. The molecule has 1 rings (SSSR count). The predicted octanol–water partition coefficient (Wildman–Crippen LogP) is 3.39. The van der Waals surface area contributed by atoms with Crippen molar-refractivity contribution >= 4 is 17.3 Å². The third-order valence-electron chi connectivity index (χ3n) is 3.59. The largest absolute Gasteiger partial charge is 0.396 e. The van der Waals surface area contributed by atoms with Gasteiger partial charge in [0.25, 0.3) is 5.91 Å². The van der Waals surface area contributed by atoms with Crippen LogP contribution in [-0.4, -0.2) is 12.5 Å². The maximum absolute atomic E-state index is 11.3. The number of nitrogens with one attached hydrogen (secondary N) is 1. The number of carbonyl (C=O) groups is 1. The van der Waals surface area contributed by atoms with Gasteiger partial charge in [-0.25, -0.2) is 0 Å². The molecular weight excluding hydrogens is 250 g/mol. The van der Waals surface area contributed by atoms with E-state index in [0.29, 0.717) is 11.3 Å². The molecule has 1 aromatic carbocycles. The summed E-state index contributed by atoms with van der Waals surface area (Å²) >= 11 is 0. The van der Waals surface area contributed by atoms with E-state index in [1.54, 1.807) is 12.1 Å². The molecule has 0 aliphatic heterocycles. The molecule has 0 fully saturated rings. The second-order valence-corrected chi connectivity index (χ2v) is 6.11. The van der Waals surface area contributed by atoms with Crippen molar-refractivity contribution in [3.8, 4) is 0 Å². The van der Waals surface area contributed by atoms with E-state index in [-0.39, 0.29) is 5.41 Å². The summed E-state index contributed by atoms with van der Waals surface area (Å²) in [5.41, 5.74) is 13.1. The van der Waals surface area contributed by atoms with Crippen molar-refractivity contribution < 1.29 is 4.79 Å². The number of unbranched alkanes of at least 4 members (excludes halogenated alkanes) is 2. The molecule has 0 unspecified atom stereocenters. The zero-order valence-corrected chi connectivity index (χ0v) is 12.8. The summed E-state index contributed by atoms with van der Waals surface area (Å²) in [6.45, 7) is 7.51. The van der Waals surface area contributed by atoms with Crippen LogP contribution in [0.3, 0.4) is 0 Å². The summed E-state index contributed by atoms with van der Waals surface area (Å²) in [6.07, 6.45) is 4.91. The van der Waals surface area contributed by atoms with Gasteiger partial charge in [-0.15, -0.1) is 0 Å². The maximum atomic E-state index is 11.3. The van der Waals surface area contributed by atoms with Crippen LogP contribution in [0.15, 0.2) is 18.2 Å². The highest BCUT2D eigenvalue weighted by atomic mass is 16.1. The number of hydrogen-bond donors (Lipinski definition) is 3. The molecule has 4 heteroatoms. The van der Waals surface area contributed by atoms with Crippen LogP contribution in [-0.2, 0) is 0 Å². The van der Waals surface area contributed by atoms with Crippen LogP contribution in [0, 0.1) is 5.41 Å². The number of para-hydroxylation sites is 1. The minimum atomic E-state index is -0.492. The Hall–Kier alpha value is -1.71. The van der Waals surface area contributed by atoms with E-state index < -0.39 is 5.91 Å². The molecule has 20 heavy (non-hydrogen) atoms. The van der Waals surface area contributed by atoms with Crippen molar-refractivity contribution in [3.63, 3.8) is 0 Å². The van der Waals surface area contributed by atoms with Crippen LogP contribution < -0.4 is 16.8 Å². The van der Waals surface area contributed by atoms with Gasteiger partial charge in [0, 0.05) is 6.54 Å². The van der Waals surface area contributed by atoms with E-state index in [2.05, 4.69) is 26.1 Å². The summed E-state index contributed by atoms with van der Waals surface area (Å²) < 4.78 is 0. The van der Waals surface area contributed by atoms with Gasteiger partial charge in [-0.1, -0.05) is 46.1 Å². The lowest BCUT2D eigenvalue weighted by atomic mass is 9.87. The van der Waals surface area contributed by atoms with Crippen LogP contribution in [0.25, 0.3) is 0 Å². The monoisotopic (exact) mass is 277 g/mol. The van der Waals surface area contributed by atoms with Gasteiger partial charge in [0.1, 0.15) is 0 Å². The van der Waals surface area contributed by atoms with E-state index in [9.17, 15) is 4.79 Å². The number of nitrogen functional groups attached to an aromatic ring is 1. The van der Waals surface area contributed by atoms with Gasteiger partial charge in [0.05, 0.1) is 16.9 Å². The first-order valence-corrected chi connectivity index (χ1v) is 7.29. The van der Waals surface area contributed by atoms with Gasteiger partial charge in [-0.3, -0.25) is 4.79 Å². The van der Waals surface area contributed by atoms with E-state index >= 15 is 0 Å². The third-order valence-corrected chi connectivity index (χ3v) is 3.59. The highest BCUT2D eigenvalue weighted by molar-refractivity contribution is 6.00. The van der Waals surface area contributed by atoms with Crippen molar-refractivity contribution in [2.75, 3.05) is 17.6 Å².